The van der Waals surface area contributed by atoms with E-state index in [4.69, 9.17) is 32.7 Å². The number of nitrogens with one attached hydrogen (secondary N) is 1. The standard InChI is InChI=1S/C27H27Cl2N5O3/c1-16-22(26(35)33-13-11-32(12-14-33)18-7-4-3-5-8-18)24(19-9-6-10-21(28)23(19)29)34-25(31-16)20(15-30-34)27-36-17(2)37-27/h3-10,15,17,24,27,31H,11-14H2,1-2H3. The Hall–Kier alpha value is -3.04. The Labute approximate surface area is 225 Å². The van der Waals surface area contributed by atoms with E-state index >= 15 is 0 Å². The number of fused-ring (bicyclic) bond motifs is 1. The first-order valence-corrected chi connectivity index (χ1v) is 13.1. The lowest BCUT2D eigenvalue weighted by Crippen LogP contribution is -2.50. The molecule has 10 heteroatoms. The van der Waals surface area contributed by atoms with E-state index in [0.29, 0.717) is 40.1 Å². The van der Waals surface area contributed by atoms with Gasteiger partial charge in [-0.1, -0.05) is 53.5 Å². The molecule has 0 aliphatic carbocycles. The number of carbonyl (C=O) groups excluding carboxylic acids is 1. The number of aromatic nitrogens is 2. The minimum absolute atomic E-state index is 0.0498. The number of piperazine rings is 1. The number of nitrogens with zero attached hydrogens (tertiary/aromatic N) is 4. The van der Waals surface area contributed by atoms with Gasteiger partial charge in [0.15, 0.2) is 12.6 Å². The molecule has 1 N–H and O–H groups in total. The number of hydrogen-bond acceptors (Lipinski definition) is 6. The summed E-state index contributed by atoms with van der Waals surface area (Å²) in [4.78, 5) is 18.3. The average Bonchev–Trinajstić information content (AvgIpc) is 3.31. The van der Waals surface area contributed by atoms with Crippen LogP contribution in [-0.2, 0) is 14.3 Å². The van der Waals surface area contributed by atoms with E-state index in [1.54, 1.807) is 16.9 Å². The highest BCUT2D eigenvalue weighted by atomic mass is 35.5. The molecule has 1 aromatic heterocycles. The fourth-order valence-electron chi connectivity index (χ4n) is 5.22. The van der Waals surface area contributed by atoms with Crippen molar-refractivity contribution in [2.45, 2.75) is 32.5 Å². The van der Waals surface area contributed by atoms with Crippen LogP contribution in [0.2, 0.25) is 10.0 Å². The van der Waals surface area contributed by atoms with Crippen LogP contribution in [0, 0.1) is 0 Å². The van der Waals surface area contributed by atoms with Crippen LogP contribution in [0.5, 0.6) is 0 Å². The lowest BCUT2D eigenvalue weighted by atomic mass is 9.93. The van der Waals surface area contributed by atoms with E-state index in [9.17, 15) is 4.79 Å². The molecule has 3 aromatic rings. The maximum atomic E-state index is 14.1. The van der Waals surface area contributed by atoms with Gasteiger partial charge >= 0.3 is 0 Å². The molecule has 2 fully saturated rings. The molecule has 0 spiro atoms. The zero-order valence-electron chi connectivity index (χ0n) is 20.5. The first kappa shape index (κ1) is 24.3. The Morgan fingerprint density at radius 1 is 1.00 bits per heavy atom. The normalized spacial score (nSPS) is 23.4. The molecule has 0 saturated carbocycles. The number of carbonyl (C=O) groups is 1. The van der Waals surface area contributed by atoms with Crippen molar-refractivity contribution >= 4 is 40.6 Å². The largest absolute Gasteiger partial charge is 0.368 e. The molecule has 3 aliphatic heterocycles. The van der Waals surface area contributed by atoms with Crippen molar-refractivity contribution in [3.05, 3.63) is 87.2 Å². The molecule has 1 unspecified atom stereocenters. The quantitative estimate of drug-likeness (QED) is 0.490. The first-order chi connectivity index (χ1) is 17.9. The fourth-order valence-corrected chi connectivity index (χ4v) is 5.63. The van der Waals surface area contributed by atoms with E-state index in [0.717, 1.165) is 30.0 Å². The van der Waals surface area contributed by atoms with E-state index in [-0.39, 0.29) is 12.2 Å². The monoisotopic (exact) mass is 539 g/mol. The second-order valence-corrected chi connectivity index (χ2v) is 10.2. The van der Waals surface area contributed by atoms with Gasteiger partial charge in [0.2, 0.25) is 0 Å². The van der Waals surface area contributed by atoms with Crippen LogP contribution in [0.25, 0.3) is 0 Å². The number of allylic oxidation sites excluding steroid dienone is 1. The minimum Gasteiger partial charge on any atom is -0.368 e. The summed E-state index contributed by atoms with van der Waals surface area (Å²) in [7, 11) is 0. The third kappa shape index (κ3) is 4.28. The summed E-state index contributed by atoms with van der Waals surface area (Å²) in [5.41, 5.74) is 3.96. The van der Waals surface area contributed by atoms with Gasteiger partial charge in [-0.25, -0.2) is 4.68 Å². The number of anilines is 2. The van der Waals surface area contributed by atoms with Crippen LogP contribution in [0.3, 0.4) is 0 Å². The van der Waals surface area contributed by atoms with Crippen molar-refractivity contribution in [3.8, 4) is 0 Å². The van der Waals surface area contributed by atoms with Crippen LogP contribution in [-0.4, -0.2) is 53.1 Å². The third-order valence-corrected chi connectivity index (χ3v) is 7.96. The number of rotatable bonds is 4. The second-order valence-electron chi connectivity index (χ2n) is 9.39. The number of hydrogen-bond donors (Lipinski definition) is 1. The van der Waals surface area contributed by atoms with Crippen molar-refractivity contribution < 1.29 is 14.3 Å². The third-order valence-electron chi connectivity index (χ3n) is 7.13. The number of para-hydroxylation sites is 1. The summed E-state index contributed by atoms with van der Waals surface area (Å²) in [6.45, 7) is 6.48. The number of benzene rings is 2. The molecular formula is C27H27Cl2N5O3. The molecule has 3 aliphatic rings. The summed E-state index contributed by atoms with van der Waals surface area (Å²) < 4.78 is 13.2. The van der Waals surface area contributed by atoms with Gasteiger partial charge in [-0.3, -0.25) is 4.79 Å². The van der Waals surface area contributed by atoms with Crippen molar-refractivity contribution in [1.29, 1.82) is 0 Å². The summed E-state index contributed by atoms with van der Waals surface area (Å²) in [5, 5.41) is 8.88. The second kappa shape index (κ2) is 9.68. The maximum Gasteiger partial charge on any atom is 0.254 e. The molecule has 1 atom stereocenters. The maximum absolute atomic E-state index is 14.1. The molecule has 2 saturated heterocycles. The molecule has 37 heavy (non-hydrogen) atoms. The smallest absolute Gasteiger partial charge is 0.254 e. The van der Waals surface area contributed by atoms with Gasteiger partial charge in [-0.2, -0.15) is 5.10 Å². The zero-order valence-corrected chi connectivity index (χ0v) is 22.0. The summed E-state index contributed by atoms with van der Waals surface area (Å²) in [6.07, 6.45) is 0.924. The Balaban J connectivity index is 1.34. The Morgan fingerprint density at radius 3 is 2.43 bits per heavy atom. The van der Waals surface area contributed by atoms with Crippen LogP contribution in [0.1, 0.15) is 37.3 Å². The highest BCUT2D eigenvalue weighted by molar-refractivity contribution is 6.42. The lowest BCUT2D eigenvalue weighted by Gasteiger charge is -2.39. The number of ether oxygens (including phenoxy) is 2. The van der Waals surface area contributed by atoms with Crippen molar-refractivity contribution in [2.75, 3.05) is 36.4 Å². The first-order valence-electron chi connectivity index (χ1n) is 12.3. The molecule has 2 aromatic carbocycles. The van der Waals surface area contributed by atoms with E-state index < -0.39 is 12.3 Å². The van der Waals surface area contributed by atoms with E-state index in [1.807, 2.05) is 49.1 Å². The van der Waals surface area contributed by atoms with Gasteiger partial charge in [0.25, 0.3) is 5.91 Å². The van der Waals surface area contributed by atoms with Gasteiger partial charge < -0.3 is 24.6 Å². The number of halogens is 2. The molecule has 1 amide bonds. The average molecular weight is 540 g/mol. The van der Waals surface area contributed by atoms with Crippen molar-refractivity contribution in [2.24, 2.45) is 0 Å². The van der Waals surface area contributed by atoms with Gasteiger partial charge in [0.05, 0.1) is 27.4 Å². The van der Waals surface area contributed by atoms with E-state index in [2.05, 4.69) is 27.4 Å². The molecule has 4 heterocycles. The fraction of sp³-hybridized carbons (Fsp3) is 0.333. The Kier molecular flexibility index (Phi) is 6.36. The topological polar surface area (TPSA) is 71.9 Å². The molecule has 0 radical (unpaired) electrons. The van der Waals surface area contributed by atoms with Crippen molar-refractivity contribution in [1.82, 2.24) is 14.7 Å². The number of amides is 1. The SMILES string of the molecule is CC1=C(C(=O)N2CCN(c3ccccc3)CC2)C(c2cccc(Cl)c2Cl)n2ncc(C3OC(C)O3)c2N1. The predicted octanol–water partition coefficient (Wildman–Crippen LogP) is 5.22. The van der Waals surface area contributed by atoms with Crippen LogP contribution < -0.4 is 10.2 Å². The van der Waals surface area contributed by atoms with Crippen LogP contribution in [0.4, 0.5) is 11.5 Å². The zero-order chi connectivity index (χ0) is 25.7. The molecule has 6 rings (SSSR count). The van der Waals surface area contributed by atoms with Crippen LogP contribution >= 0.6 is 23.2 Å². The highest BCUT2D eigenvalue weighted by Gasteiger charge is 2.41. The molecule has 0 bridgehead atoms. The summed E-state index contributed by atoms with van der Waals surface area (Å²) in [5.74, 6) is 0.659. The Morgan fingerprint density at radius 2 is 1.73 bits per heavy atom. The van der Waals surface area contributed by atoms with Gasteiger partial charge in [-0.05, 0) is 32.0 Å². The molecule has 192 valence electrons. The molecule has 8 nitrogen and oxygen atoms in total. The molecular weight excluding hydrogens is 513 g/mol. The lowest BCUT2D eigenvalue weighted by molar-refractivity contribution is -0.382. The predicted molar refractivity (Wildman–Crippen MR) is 143 cm³/mol. The van der Waals surface area contributed by atoms with Gasteiger partial charge in [0, 0.05) is 43.1 Å². The van der Waals surface area contributed by atoms with Gasteiger partial charge in [0.1, 0.15) is 11.9 Å². The van der Waals surface area contributed by atoms with Crippen LogP contribution in [0.15, 0.2) is 66.0 Å². The van der Waals surface area contributed by atoms with Gasteiger partial charge in [-0.15, -0.1) is 0 Å². The van der Waals surface area contributed by atoms with Crippen molar-refractivity contribution in [3.63, 3.8) is 0 Å². The highest BCUT2D eigenvalue weighted by Crippen LogP contribution is 2.45. The minimum atomic E-state index is -0.562. The summed E-state index contributed by atoms with van der Waals surface area (Å²) in [6, 6.07) is 15.2. The van der Waals surface area contributed by atoms with E-state index in [1.165, 1.54) is 0 Å². The Bertz CT molecular complexity index is 1360. The summed E-state index contributed by atoms with van der Waals surface area (Å²) >= 11 is 13.1.